The van der Waals surface area contributed by atoms with E-state index in [9.17, 15) is 9.90 Å². The number of carbonyl (C=O) groups excluding carboxylic acids is 1. The highest BCUT2D eigenvalue weighted by Crippen LogP contribution is 2.19. The lowest BCUT2D eigenvalue weighted by atomic mass is 10.0. The van der Waals surface area contributed by atoms with Gasteiger partial charge >= 0.3 is 0 Å². The van der Waals surface area contributed by atoms with Crippen LogP contribution in [0.15, 0.2) is 24.3 Å². The van der Waals surface area contributed by atoms with Crippen molar-refractivity contribution < 1.29 is 14.6 Å². The van der Waals surface area contributed by atoms with Crippen molar-refractivity contribution in [3.63, 3.8) is 0 Å². The summed E-state index contributed by atoms with van der Waals surface area (Å²) in [6.07, 6.45) is 1.76. The van der Waals surface area contributed by atoms with Gasteiger partial charge in [-0.25, -0.2) is 0 Å². The van der Waals surface area contributed by atoms with E-state index in [1.807, 2.05) is 19.1 Å². The molecule has 0 aliphatic rings. The number of aliphatic hydroxyl groups is 1. The highest BCUT2D eigenvalue weighted by atomic mass is 16.5. The minimum absolute atomic E-state index is 0.143. The van der Waals surface area contributed by atoms with Crippen molar-refractivity contribution in [3.05, 3.63) is 24.3 Å². The van der Waals surface area contributed by atoms with Crippen LogP contribution in [0.25, 0.3) is 0 Å². The number of nitrogen functional groups attached to an aromatic ring is 1. The molecule has 1 atom stereocenters. The summed E-state index contributed by atoms with van der Waals surface area (Å²) >= 11 is 0. The second kappa shape index (κ2) is 7.75. The third-order valence-electron chi connectivity index (χ3n) is 2.96. The van der Waals surface area contributed by atoms with Crippen molar-refractivity contribution in [2.75, 3.05) is 18.9 Å². The third-order valence-corrected chi connectivity index (χ3v) is 2.96. The number of hydrogen-bond acceptors (Lipinski definition) is 4. The molecule has 5 heteroatoms. The zero-order valence-corrected chi connectivity index (χ0v) is 12.2. The van der Waals surface area contributed by atoms with Crippen LogP contribution in [0.4, 0.5) is 5.69 Å². The molecule has 0 spiro atoms. The maximum absolute atomic E-state index is 11.6. The van der Waals surface area contributed by atoms with E-state index in [1.54, 1.807) is 19.1 Å². The van der Waals surface area contributed by atoms with Gasteiger partial charge in [-0.05, 0) is 25.5 Å². The van der Waals surface area contributed by atoms with E-state index in [4.69, 9.17) is 10.5 Å². The van der Waals surface area contributed by atoms with E-state index in [0.717, 1.165) is 6.42 Å². The Kier molecular flexibility index (Phi) is 6.31. The van der Waals surface area contributed by atoms with Crippen molar-refractivity contribution in [1.29, 1.82) is 0 Å². The highest BCUT2D eigenvalue weighted by molar-refractivity contribution is 5.76. The average molecular weight is 280 g/mol. The zero-order chi connectivity index (χ0) is 15.0. The maximum Gasteiger partial charge on any atom is 0.223 e. The quantitative estimate of drug-likeness (QED) is 0.633. The van der Waals surface area contributed by atoms with Gasteiger partial charge in [0.1, 0.15) is 5.75 Å². The molecule has 20 heavy (non-hydrogen) atoms. The molecule has 1 rings (SSSR count). The summed E-state index contributed by atoms with van der Waals surface area (Å²) in [4.78, 5) is 11.6. The molecular formula is C15H24N2O3. The van der Waals surface area contributed by atoms with Gasteiger partial charge in [-0.3, -0.25) is 4.79 Å². The van der Waals surface area contributed by atoms with Crippen molar-refractivity contribution >= 4 is 11.6 Å². The van der Waals surface area contributed by atoms with E-state index in [2.05, 4.69) is 5.32 Å². The molecule has 0 bridgehead atoms. The zero-order valence-electron chi connectivity index (χ0n) is 12.2. The third kappa shape index (κ3) is 5.93. The molecule has 0 aliphatic heterocycles. The number of hydrogen-bond donors (Lipinski definition) is 3. The average Bonchev–Trinajstić information content (AvgIpc) is 2.39. The smallest absolute Gasteiger partial charge is 0.223 e. The van der Waals surface area contributed by atoms with Crippen molar-refractivity contribution in [3.8, 4) is 5.75 Å². The first kappa shape index (κ1) is 16.3. The van der Waals surface area contributed by atoms with Gasteiger partial charge < -0.3 is 20.9 Å². The number of rotatable bonds is 8. The summed E-state index contributed by atoms with van der Waals surface area (Å²) in [5.74, 6) is 0.439. The first-order valence-electron chi connectivity index (χ1n) is 6.91. The van der Waals surface area contributed by atoms with Crippen LogP contribution >= 0.6 is 0 Å². The summed E-state index contributed by atoms with van der Waals surface area (Å²) in [6.45, 7) is 4.23. The molecule has 1 aromatic carbocycles. The number of carbonyl (C=O) groups is 1. The standard InChI is InChI=1S/C15H24N2O3/c1-3-9-15(2,19)11-17-14(18)8-10-20-13-7-5-4-6-12(13)16/h4-7,19H,3,8-11,16H2,1-2H3,(H,17,18). The summed E-state index contributed by atoms with van der Waals surface area (Å²) in [5, 5.41) is 12.6. The van der Waals surface area contributed by atoms with Crippen molar-refractivity contribution in [2.24, 2.45) is 0 Å². The Bertz CT molecular complexity index is 433. The van der Waals surface area contributed by atoms with Gasteiger partial charge in [0.25, 0.3) is 0 Å². The Morgan fingerprint density at radius 2 is 2.15 bits per heavy atom. The normalized spacial score (nSPS) is 13.6. The maximum atomic E-state index is 11.6. The topological polar surface area (TPSA) is 84.6 Å². The van der Waals surface area contributed by atoms with E-state index in [1.165, 1.54) is 0 Å². The van der Waals surface area contributed by atoms with Crippen molar-refractivity contribution in [2.45, 2.75) is 38.7 Å². The molecule has 1 unspecified atom stereocenters. The predicted molar refractivity (Wildman–Crippen MR) is 79.5 cm³/mol. The summed E-state index contributed by atoms with van der Waals surface area (Å²) < 4.78 is 5.44. The number of para-hydroxylation sites is 2. The Morgan fingerprint density at radius 1 is 1.45 bits per heavy atom. The van der Waals surface area contributed by atoms with Gasteiger partial charge in [0.05, 0.1) is 24.3 Å². The molecule has 1 amide bonds. The molecule has 0 aliphatic carbocycles. The summed E-state index contributed by atoms with van der Waals surface area (Å²) in [5.41, 5.74) is 5.43. The minimum atomic E-state index is -0.852. The van der Waals surface area contributed by atoms with Crippen LogP contribution in [0.2, 0.25) is 0 Å². The van der Waals surface area contributed by atoms with E-state index in [0.29, 0.717) is 17.9 Å². The fourth-order valence-corrected chi connectivity index (χ4v) is 1.87. The number of nitrogens with one attached hydrogen (secondary N) is 1. The molecular weight excluding hydrogens is 256 g/mol. The lowest BCUT2D eigenvalue weighted by molar-refractivity contribution is -0.122. The van der Waals surface area contributed by atoms with Gasteiger partial charge in [-0.2, -0.15) is 0 Å². The molecule has 0 saturated heterocycles. The molecule has 4 N–H and O–H groups in total. The molecule has 0 radical (unpaired) electrons. The number of benzene rings is 1. The van der Waals surface area contributed by atoms with Gasteiger partial charge in [-0.15, -0.1) is 0 Å². The van der Waals surface area contributed by atoms with Crippen LogP contribution in [0.1, 0.15) is 33.1 Å². The Labute approximate surface area is 120 Å². The van der Waals surface area contributed by atoms with Gasteiger partial charge in [0.15, 0.2) is 0 Å². The molecule has 0 saturated carbocycles. The predicted octanol–water partition coefficient (Wildman–Crippen LogP) is 1.70. The van der Waals surface area contributed by atoms with E-state index in [-0.39, 0.29) is 25.5 Å². The Morgan fingerprint density at radius 3 is 2.80 bits per heavy atom. The molecule has 1 aromatic rings. The molecule has 112 valence electrons. The van der Waals surface area contributed by atoms with E-state index >= 15 is 0 Å². The largest absolute Gasteiger partial charge is 0.491 e. The fraction of sp³-hybridized carbons (Fsp3) is 0.533. The number of amides is 1. The van der Waals surface area contributed by atoms with Gasteiger partial charge in [0.2, 0.25) is 5.91 Å². The van der Waals surface area contributed by atoms with Crippen LogP contribution in [0.5, 0.6) is 5.75 Å². The minimum Gasteiger partial charge on any atom is -0.491 e. The highest BCUT2D eigenvalue weighted by Gasteiger charge is 2.19. The molecule has 0 fully saturated rings. The van der Waals surface area contributed by atoms with Crippen molar-refractivity contribution in [1.82, 2.24) is 5.32 Å². The number of nitrogens with two attached hydrogens (primary N) is 1. The molecule has 0 heterocycles. The molecule has 0 aromatic heterocycles. The fourth-order valence-electron chi connectivity index (χ4n) is 1.87. The lowest BCUT2D eigenvalue weighted by Crippen LogP contribution is -2.40. The number of anilines is 1. The van der Waals surface area contributed by atoms with Crippen LogP contribution in [-0.4, -0.2) is 29.8 Å². The lowest BCUT2D eigenvalue weighted by Gasteiger charge is -2.22. The van der Waals surface area contributed by atoms with Gasteiger partial charge in [-0.1, -0.05) is 25.5 Å². The monoisotopic (exact) mass is 280 g/mol. The van der Waals surface area contributed by atoms with Crippen LogP contribution in [-0.2, 0) is 4.79 Å². The molecule has 5 nitrogen and oxygen atoms in total. The Hall–Kier alpha value is -1.75. The van der Waals surface area contributed by atoms with Crippen LogP contribution in [0, 0.1) is 0 Å². The van der Waals surface area contributed by atoms with Crippen LogP contribution < -0.4 is 15.8 Å². The second-order valence-electron chi connectivity index (χ2n) is 5.16. The summed E-state index contributed by atoms with van der Waals surface area (Å²) in [6, 6.07) is 7.16. The SMILES string of the molecule is CCCC(C)(O)CNC(=O)CCOc1ccccc1N. The van der Waals surface area contributed by atoms with Crippen LogP contribution in [0.3, 0.4) is 0 Å². The van der Waals surface area contributed by atoms with E-state index < -0.39 is 5.60 Å². The number of ether oxygens (including phenoxy) is 1. The summed E-state index contributed by atoms with van der Waals surface area (Å²) in [7, 11) is 0. The second-order valence-corrected chi connectivity index (χ2v) is 5.16. The first-order valence-corrected chi connectivity index (χ1v) is 6.91. The Balaban J connectivity index is 2.26. The first-order chi connectivity index (χ1) is 9.44. The van der Waals surface area contributed by atoms with Gasteiger partial charge in [0, 0.05) is 6.54 Å².